The minimum atomic E-state index is -0.153. The van der Waals surface area contributed by atoms with E-state index in [1.807, 2.05) is 0 Å². The molecule has 1 heterocycles. The smallest absolute Gasteiger partial charge is 0.141 e. The zero-order valence-corrected chi connectivity index (χ0v) is 25.9. The highest BCUT2D eigenvalue weighted by molar-refractivity contribution is 6.20. The van der Waals surface area contributed by atoms with Crippen LogP contribution in [0.2, 0.25) is 0 Å². The summed E-state index contributed by atoms with van der Waals surface area (Å²) in [5, 5.41) is 7.98. The van der Waals surface area contributed by atoms with E-state index < -0.39 is 0 Å². The van der Waals surface area contributed by atoms with Crippen molar-refractivity contribution in [1.82, 2.24) is 9.55 Å². The molecule has 8 aromatic rings. The third-order valence-electron chi connectivity index (χ3n) is 10.0. The van der Waals surface area contributed by atoms with Crippen molar-refractivity contribution < 1.29 is 0 Å². The van der Waals surface area contributed by atoms with E-state index in [2.05, 4.69) is 153 Å². The van der Waals surface area contributed by atoms with Gasteiger partial charge in [-0.2, -0.15) is 0 Å². The molecule has 9 rings (SSSR count). The average molecular weight is 579 g/mol. The fourth-order valence-electron chi connectivity index (χ4n) is 8.25. The summed E-state index contributed by atoms with van der Waals surface area (Å²) in [5.74, 6) is 1.04. The van der Waals surface area contributed by atoms with Crippen molar-refractivity contribution in [2.45, 2.75) is 39.2 Å². The lowest BCUT2D eigenvalue weighted by molar-refractivity contribution is 0.672. The molecule has 1 aromatic heterocycles. The molecule has 0 fully saturated rings. The zero-order valence-electron chi connectivity index (χ0n) is 25.9. The molecule has 216 valence electrons. The number of hydrogen-bond donors (Lipinski definition) is 0. The van der Waals surface area contributed by atoms with E-state index in [1.165, 1.54) is 71.2 Å². The monoisotopic (exact) mass is 578 g/mol. The van der Waals surface area contributed by atoms with Crippen molar-refractivity contribution in [3.05, 3.63) is 139 Å². The largest absolute Gasteiger partial charge is 0.324 e. The number of aromatic nitrogens is 2. The molecule has 0 bridgehead atoms. The van der Waals surface area contributed by atoms with Crippen molar-refractivity contribution in [2.75, 3.05) is 0 Å². The minimum absolute atomic E-state index is 0.153. The van der Waals surface area contributed by atoms with E-state index in [4.69, 9.17) is 4.98 Å². The van der Waals surface area contributed by atoms with Gasteiger partial charge in [-0.3, -0.25) is 0 Å². The highest BCUT2D eigenvalue weighted by atomic mass is 15.1. The van der Waals surface area contributed by atoms with Gasteiger partial charge >= 0.3 is 0 Å². The van der Waals surface area contributed by atoms with Gasteiger partial charge in [0.2, 0.25) is 0 Å². The van der Waals surface area contributed by atoms with Crippen molar-refractivity contribution in [1.29, 1.82) is 0 Å². The number of rotatable bonds is 4. The maximum absolute atomic E-state index is 5.13. The number of nitrogens with zero attached hydrogens (tertiary/aromatic N) is 2. The molecule has 45 heavy (non-hydrogen) atoms. The van der Waals surface area contributed by atoms with Crippen LogP contribution < -0.4 is 0 Å². The van der Waals surface area contributed by atoms with E-state index in [-0.39, 0.29) is 5.41 Å². The first kappa shape index (κ1) is 26.2. The maximum atomic E-state index is 5.13. The summed E-state index contributed by atoms with van der Waals surface area (Å²) < 4.78 is 2.38. The number of hydrogen-bond acceptors (Lipinski definition) is 1. The summed E-state index contributed by atoms with van der Waals surface area (Å²) in [7, 11) is 0. The number of benzene rings is 7. The van der Waals surface area contributed by atoms with Gasteiger partial charge in [-0.25, -0.2) is 4.98 Å². The quantitative estimate of drug-likeness (QED) is 0.190. The molecule has 0 aliphatic heterocycles. The zero-order chi connectivity index (χ0) is 30.3. The van der Waals surface area contributed by atoms with Crippen LogP contribution in [0.3, 0.4) is 0 Å². The Morgan fingerprint density at radius 1 is 0.556 bits per heavy atom. The van der Waals surface area contributed by atoms with Crippen molar-refractivity contribution in [3.8, 4) is 33.6 Å². The average Bonchev–Trinajstić information content (AvgIpc) is 3.57. The summed E-state index contributed by atoms with van der Waals surface area (Å²) >= 11 is 0. The van der Waals surface area contributed by atoms with E-state index in [1.54, 1.807) is 0 Å². The van der Waals surface area contributed by atoms with Crippen LogP contribution in [0.1, 0.15) is 38.3 Å². The van der Waals surface area contributed by atoms with Crippen LogP contribution in [-0.4, -0.2) is 9.55 Å². The lowest BCUT2D eigenvalue weighted by atomic mass is 9.77. The van der Waals surface area contributed by atoms with Gasteiger partial charge in [-0.15, -0.1) is 0 Å². The minimum Gasteiger partial charge on any atom is -0.324 e. The fourth-order valence-corrected chi connectivity index (χ4v) is 8.25. The second-order valence-electron chi connectivity index (χ2n) is 13.0. The Morgan fingerprint density at radius 3 is 1.91 bits per heavy atom. The molecule has 0 saturated carbocycles. The standard InChI is InChI=1S/C43H34N2/c1-4-24-45-38-23-12-11-22-37(38)44-42(45)28-15-13-14-27(25-28)35-26-36-39-32-19-8-5-16-29(32)30-17-6-10-21-34(30)41(39)43(2,3)40(36)33-20-9-7-18-31(33)35/h5-23,25-26H,4,24H2,1-3H3. The van der Waals surface area contributed by atoms with Gasteiger partial charge in [0.1, 0.15) is 5.82 Å². The molecule has 7 aromatic carbocycles. The Hall–Kier alpha value is -5.21. The Kier molecular flexibility index (Phi) is 5.62. The van der Waals surface area contributed by atoms with Gasteiger partial charge in [-0.1, -0.05) is 124 Å². The topological polar surface area (TPSA) is 17.8 Å². The molecule has 1 aliphatic carbocycles. The van der Waals surface area contributed by atoms with Gasteiger partial charge in [0.25, 0.3) is 0 Å². The highest BCUT2D eigenvalue weighted by Gasteiger charge is 2.40. The molecule has 0 atom stereocenters. The maximum Gasteiger partial charge on any atom is 0.141 e. The molecule has 0 amide bonds. The lowest BCUT2D eigenvalue weighted by Crippen LogP contribution is -2.16. The van der Waals surface area contributed by atoms with E-state index in [9.17, 15) is 0 Å². The summed E-state index contributed by atoms with van der Waals surface area (Å²) in [6.07, 6.45) is 1.06. The van der Waals surface area contributed by atoms with Crippen molar-refractivity contribution in [3.63, 3.8) is 0 Å². The molecule has 0 N–H and O–H groups in total. The van der Waals surface area contributed by atoms with Crippen LogP contribution in [-0.2, 0) is 12.0 Å². The van der Waals surface area contributed by atoms with Crippen LogP contribution in [0.25, 0.3) is 77.0 Å². The Balaban J connectivity index is 1.35. The molecule has 0 unspecified atom stereocenters. The van der Waals surface area contributed by atoms with Crippen LogP contribution in [0.4, 0.5) is 0 Å². The second kappa shape index (κ2) is 9.64. The molecule has 0 saturated heterocycles. The number of aryl methyl sites for hydroxylation is 1. The Bertz CT molecular complexity index is 2480. The summed E-state index contributed by atoms with van der Waals surface area (Å²) in [4.78, 5) is 5.13. The van der Waals surface area contributed by atoms with Gasteiger partial charge in [0.15, 0.2) is 0 Å². The third kappa shape index (κ3) is 3.66. The van der Waals surface area contributed by atoms with E-state index in [0.29, 0.717) is 0 Å². The van der Waals surface area contributed by atoms with Gasteiger partial charge in [0, 0.05) is 17.5 Å². The molecule has 2 nitrogen and oxygen atoms in total. The van der Waals surface area contributed by atoms with E-state index >= 15 is 0 Å². The van der Waals surface area contributed by atoms with Crippen LogP contribution in [0.5, 0.6) is 0 Å². The number of para-hydroxylation sites is 2. The molecular weight excluding hydrogens is 544 g/mol. The van der Waals surface area contributed by atoms with Crippen LogP contribution >= 0.6 is 0 Å². The van der Waals surface area contributed by atoms with Gasteiger partial charge in [0.05, 0.1) is 11.0 Å². The first-order valence-electron chi connectivity index (χ1n) is 16.1. The van der Waals surface area contributed by atoms with Crippen LogP contribution in [0.15, 0.2) is 127 Å². The lowest BCUT2D eigenvalue weighted by Gasteiger charge is -2.25. The van der Waals surface area contributed by atoms with E-state index in [0.717, 1.165) is 29.9 Å². The fraction of sp³-hybridized carbons (Fsp3) is 0.140. The van der Waals surface area contributed by atoms with Crippen molar-refractivity contribution in [2.24, 2.45) is 0 Å². The molecule has 2 heteroatoms. The van der Waals surface area contributed by atoms with Gasteiger partial charge < -0.3 is 4.57 Å². The van der Waals surface area contributed by atoms with Crippen molar-refractivity contribution >= 4 is 43.4 Å². The third-order valence-corrected chi connectivity index (χ3v) is 10.0. The Morgan fingerprint density at radius 2 is 1.16 bits per heavy atom. The normalized spacial score (nSPS) is 13.6. The second-order valence-corrected chi connectivity index (χ2v) is 13.0. The summed E-state index contributed by atoms with van der Waals surface area (Å²) in [6.45, 7) is 8.01. The first-order chi connectivity index (χ1) is 22.1. The molecule has 1 aliphatic rings. The molecular formula is C43H34N2. The molecule has 0 spiro atoms. The Labute approximate surface area is 263 Å². The first-order valence-corrected chi connectivity index (χ1v) is 16.1. The SMILES string of the molecule is CCCn1c(-c2cccc(-c3cc4c(c5ccccc35)C(C)(C)c3c-4c4ccccc4c4ccccc34)c2)nc2ccccc21. The molecule has 0 radical (unpaired) electrons. The number of imidazole rings is 1. The summed E-state index contributed by atoms with van der Waals surface area (Å²) in [5.41, 5.74) is 11.3. The predicted molar refractivity (Wildman–Crippen MR) is 191 cm³/mol. The van der Waals surface area contributed by atoms with Gasteiger partial charge in [-0.05, 0) is 96.4 Å². The number of fused-ring (bicyclic) bond motifs is 11. The highest BCUT2D eigenvalue weighted by Crippen LogP contribution is 2.57. The summed E-state index contributed by atoms with van der Waals surface area (Å²) in [6, 6.07) is 47.0. The van der Waals surface area contributed by atoms with Crippen LogP contribution in [0, 0.1) is 0 Å². The predicted octanol–water partition coefficient (Wildman–Crippen LogP) is 11.5.